The van der Waals surface area contributed by atoms with Crippen LogP contribution in [-0.4, -0.2) is 5.78 Å². The van der Waals surface area contributed by atoms with Gasteiger partial charge in [-0.1, -0.05) is 31.9 Å². The highest BCUT2D eigenvalue weighted by atomic mass is 16.1. The van der Waals surface area contributed by atoms with Crippen LogP contribution in [0.2, 0.25) is 0 Å². The molecular formula is C16H26O. The van der Waals surface area contributed by atoms with E-state index in [1.54, 1.807) is 12.5 Å². The third-order valence-corrected chi connectivity index (χ3v) is 5.31. The lowest BCUT2D eigenvalue weighted by Gasteiger charge is -2.45. The van der Waals surface area contributed by atoms with E-state index in [0.717, 1.165) is 11.8 Å². The minimum absolute atomic E-state index is 0.247. The molecule has 2 rings (SSSR count). The fraction of sp³-hybridized carbons (Fsp3) is 0.812. The van der Waals surface area contributed by atoms with Crippen molar-refractivity contribution in [1.29, 1.82) is 0 Å². The van der Waals surface area contributed by atoms with Crippen molar-refractivity contribution < 1.29 is 4.79 Å². The Kier molecular flexibility index (Phi) is 3.75. The molecule has 1 heteroatoms. The first-order chi connectivity index (χ1) is 8.00. The molecule has 1 saturated carbocycles. The average Bonchev–Trinajstić information content (AvgIpc) is 2.28. The topological polar surface area (TPSA) is 17.1 Å². The van der Waals surface area contributed by atoms with E-state index in [2.05, 4.69) is 26.8 Å². The first-order valence-electron chi connectivity index (χ1n) is 7.18. The number of rotatable bonds is 2. The molecule has 0 spiro atoms. The quantitative estimate of drug-likeness (QED) is 0.653. The highest BCUT2D eigenvalue weighted by Crippen LogP contribution is 2.47. The van der Waals surface area contributed by atoms with Gasteiger partial charge in [0.2, 0.25) is 0 Å². The summed E-state index contributed by atoms with van der Waals surface area (Å²) < 4.78 is 0. The number of ketones is 1. The lowest BCUT2D eigenvalue weighted by atomic mass is 9.60. The summed E-state index contributed by atoms with van der Waals surface area (Å²) in [5, 5.41) is 0. The molecule has 0 aromatic heterocycles. The first kappa shape index (κ1) is 12.9. The first-order valence-corrected chi connectivity index (χ1v) is 7.18. The van der Waals surface area contributed by atoms with Crippen LogP contribution in [0.25, 0.3) is 0 Å². The van der Waals surface area contributed by atoms with E-state index in [4.69, 9.17) is 0 Å². The van der Waals surface area contributed by atoms with E-state index < -0.39 is 0 Å². The summed E-state index contributed by atoms with van der Waals surface area (Å²) >= 11 is 0. The molecule has 0 aliphatic heterocycles. The fourth-order valence-electron chi connectivity index (χ4n) is 3.97. The van der Waals surface area contributed by atoms with Crippen LogP contribution in [0, 0.1) is 29.6 Å². The van der Waals surface area contributed by atoms with Gasteiger partial charge in [-0.15, -0.1) is 0 Å². The number of allylic oxidation sites excluding steroid dienone is 2. The van der Waals surface area contributed by atoms with Gasteiger partial charge in [0.25, 0.3) is 0 Å². The van der Waals surface area contributed by atoms with Crippen LogP contribution >= 0.6 is 0 Å². The second kappa shape index (κ2) is 4.96. The monoisotopic (exact) mass is 234 g/mol. The van der Waals surface area contributed by atoms with E-state index in [1.165, 1.54) is 25.7 Å². The van der Waals surface area contributed by atoms with E-state index in [9.17, 15) is 4.79 Å². The van der Waals surface area contributed by atoms with Gasteiger partial charge >= 0.3 is 0 Å². The Balaban J connectivity index is 2.22. The van der Waals surface area contributed by atoms with Crippen LogP contribution in [-0.2, 0) is 4.79 Å². The van der Waals surface area contributed by atoms with Gasteiger partial charge < -0.3 is 0 Å². The molecule has 0 heterocycles. The Morgan fingerprint density at radius 1 is 1.35 bits per heavy atom. The van der Waals surface area contributed by atoms with Crippen molar-refractivity contribution in [3.63, 3.8) is 0 Å². The van der Waals surface area contributed by atoms with Gasteiger partial charge in [-0.2, -0.15) is 0 Å². The van der Waals surface area contributed by atoms with Crippen LogP contribution in [0.5, 0.6) is 0 Å². The fourth-order valence-corrected chi connectivity index (χ4v) is 3.97. The van der Waals surface area contributed by atoms with Crippen LogP contribution in [0.15, 0.2) is 11.6 Å². The summed E-state index contributed by atoms with van der Waals surface area (Å²) in [6.45, 7) is 8.56. The van der Waals surface area contributed by atoms with E-state index in [0.29, 0.717) is 17.6 Å². The standard InChI is InChI=1S/C16H26O/c1-10-5-7-14-11(2)6-8-15(16(14)9-10)12(3)13(4)17/h9,11-12,14-16H,5-8H2,1-4H3/t11-,12?,14+,15?,16+/m1/s1. The second-order valence-electron chi connectivity index (χ2n) is 6.41. The summed E-state index contributed by atoms with van der Waals surface area (Å²) in [6.07, 6.45) is 7.67. The number of hydrogen-bond acceptors (Lipinski definition) is 1. The molecule has 2 unspecified atom stereocenters. The molecule has 2 aliphatic rings. The highest BCUT2D eigenvalue weighted by Gasteiger charge is 2.40. The summed E-state index contributed by atoms with van der Waals surface area (Å²) in [7, 11) is 0. The van der Waals surface area contributed by atoms with Gasteiger partial charge in [-0.05, 0) is 56.8 Å². The van der Waals surface area contributed by atoms with E-state index >= 15 is 0 Å². The largest absolute Gasteiger partial charge is 0.300 e. The zero-order valence-electron chi connectivity index (χ0n) is 11.7. The molecule has 0 amide bonds. The molecule has 1 nitrogen and oxygen atoms in total. The van der Waals surface area contributed by atoms with Crippen molar-refractivity contribution >= 4 is 5.78 Å². The summed E-state index contributed by atoms with van der Waals surface area (Å²) in [6, 6.07) is 0. The molecule has 0 saturated heterocycles. The predicted octanol–water partition coefficient (Wildman–Crippen LogP) is 4.23. The molecule has 0 bridgehead atoms. The minimum Gasteiger partial charge on any atom is -0.300 e. The van der Waals surface area contributed by atoms with Gasteiger partial charge in [0.1, 0.15) is 5.78 Å². The minimum atomic E-state index is 0.247. The molecule has 17 heavy (non-hydrogen) atoms. The van der Waals surface area contributed by atoms with Crippen LogP contribution in [0.1, 0.15) is 53.4 Å². The Labute approximate surface area is 106 Å². The smallest absolute Gasteiger partial charge is 0.132 e. The highest BCUT2D eigenvalue weighted by molar-refractivity contribution is 5.78. The number of fused-ring (bicyclic) bond motifs is 1. The third-order valence-electron chi connectivity index (χ3n) is 5.31. The summed E-state index contributed by atoms with van der Waals surface area (Å²) in [5.41, 5.74) is 1.54. The van der Waals surface area contributed by atoms with Crippen molar-refractivity contribution in [3.05, 3.63) is 11.6 Å². The molecule has 96 valence electrons. The number of carbonyl (C=O) groups excluding carboxylic acids is 1. The lowest BCUT2D eigenvalue weighted by molar-refractivity contribution is -0.123. The zero-order chi connectivity index (χ0) is 12.6. The molecule has 0 radical (unpaired) electrons. The second-order valence-corrected chi connectivity index (χ2v) is 6.41. The Bertz CT molecular complexity index is 328. The van der Waals surface area contributed by atoms with Gasteiger partial charge in [0, 0.05) is 5.92 Å². The van der Waals surface area contributed by atoms with Crippen molar-refractivity contribution in [3.8, 4) is 0 Å². The predicted molar refractivity (Wildman–Crippen MR) is 71.7 cm³/mol. The Hall–Kier alpha value is -0.590. The molecular weight excluding hydrogens is 208 g/mol. The SMILES string of the molecule is CC(=O)C(C)C1CC[C@@H](C)[C@@H]2CCC(C)=C[C@H]12. The van der Waals surface area contributed by atoms with E-state index in [-0.39, 0.29) is 5.92 Å². The maximum atomic E-state index is 11.7. The van der Waals surface area contributed by atoms with Gasteiger partial charge in [-0.3, -0.25) is 4.79 Å². The Morgan fingerprint density at radius 2 is 2.06 bits per heavy atom. The van der Waals surface area contributed by atoms with Crippen LogP contribution < -0.4 is 0 Å². The third kappa shape index (κ3) is 2.48. The summed E-state index contributed by atoms with van der Waals surface area (Å²) in [5.74, 6) is 3.58. The normalized spacial score (nSPS) is 39.2. The molecule has 5 atom stereocenters. The molecule has 0 aromatic carbocycles. The Morgan fingerprint density at radius 3 is 2.71 bits per heavy atom. The maximum Gasteiger partial charge on any atom is 0.132 e. The van der Waals surface area contributed by atoms with Crippen LogP contribution in [0.3, 0.4) is 0 Å². The van der Waals surface area contributed by atoms with Crippen molar-refractivity contribution in [2.75, 3.05) is 0 Å². The van der Waals surface area contributed by atoms with Gasteiger partial charge in [0.05, 0.1) is 0 Å². The van der Waals surface area contributed by atoms with Gasteiger partial charge in [-0.25, -0.2) is 0 Å². The number of Topliss-reactive ketones (excluding diaryl/α,β-unsaturated/α-hetero) is 1. The molecule has 1 fully saturated rings. The number of carbonyl (C=O) groups is 1. The summed E-state index contributed by atoms with van der Waals surface area (Å²) in [4.78, 5) is 11.7. The molecule has 0 aromatic rings. The van der Waals surface area contributed by atoms with E-state index in [1.807, 2.05) is 0 Å². The average molecular weight is 234 g/mol. The van der Waals surface area contributed by atoms with Crippen molar-refractivity contribution in [1.82, 2.24) is 0 Å². The molecule has 0 N–H and O–H groups in total. The molecule has 2 aliphatic carbocycles. The maximum absolute atomic E-state index is 11.7. The van der Waals surface area contributed by atoms with Crippen molar-refractivity contribution in [2.24, 2.45) is 29.6 Å². The lowest BCUT2D eigenvalue weighted by Crippen LogP contribution is -2.39. The zero-order valence-corrected chi connectivity index (χ0v) is 11.7. The van der Waals surface area contributed by atoms with Gasteiger partial charge in [0.15, 0.2) is 0 Å². The van der Waals surface area contributed by atoms with Crippen molar-refractivity contribution in [2.45, 2.75) is 53.4 Å². The number of hydrogen-bond donors (Lipinski definition) is 0. The van der Waals surface area contributed by atoms with Crippen LogP contribution in [0.4, 0.5) is 0 Å².